The fourth-order valence-electron chi connectivity index (χ4n) is 2.28. The van der Waals surface area contributed by atoms with Gasteiger partial charge >= 0.3 is 0 Å². The molecule has 2 aromatic carbocycles. The molecule has 0 saturated heterocycles. The van der Waals surface area contributed by atoms with Crippen molar-refractivity contribution in [1.29, 1.82) is 0 Å². The summed E-state index contributed by atoms with van der Waals surface area (Å²) >= 11 is 12.4. The van der Waals surface area contributed by atoms with Gasteiger partial charge in [0.25, 0.3) is 0 Å². The molecular weight excluding hydrogens is 305 g/mol. The highest BCUT2D eigenvalue weighted by Crippen LogP contribution is 2.32. The monoisotopic (exact) mass is 323 g/mol. The molecule has 21 heavy (non-hydrogen) atoms. The molecule has 0 bridgehead atoms. The van der Waals surface area contributed by atoms with Gasteiger partial charge in [-0.3, -0.25) is 0 Å². The summed E-state index contributed by atoms with van der Waals surface area (Å²) in [6.07, 6.45) is -0.307. The van der Waals surface area contributed by atoms with Crippen molar-refractivity contribution in [3.63, 3.8) is 0 Å². The molecule has 0 saturated carbocycles. The lowest BCUT2D eigenvalue weighted by Crippen LogP contribution is -2.29. The second-order valence-electron chi connectivity index (χ2n) is 5.29. The smallest absolute Gasteiger partial charge is 0.140 e. The van der Waals surface area contributed by atoms with E-state index in [0.717, 1.165) is 27.5 Å². The minimum absolute atomic E-state index is 0.193. The van der Waals surface area contributed by atoms with E-state index in [2.05, 4.69) is 0 Å². The van der Waals surface area contributed by atoms with Gasteiger partial charge in [0.2, 0.25) is 0 Å². The summed E-state index contributed by atoms with van der Waals surface area (Å²) in [5.41, 5.74) is 8.93. The predicted octanol–water partition coefficient (Wildman–Crippen LogP) is 5.08. The Labute approximate surface area is 135 Å². The summed E-state index contributed by atoms with van der Waals surface area (Å²) < 4.78 is 6.09. The van der Waals surface area contributed by atoms with Crippen LogP contribution < -0.4 is 10.5 Å². The Balaban J connectivity index is 2.36. The molecule has 0 heterocycles. The first-order valence-corrected chi connectivity index (χ1v) is 7.59. The third-order valence-corrected chi connectivity index (χ3v) is 4.30. The minimum Gasteiger partial charge on any atom is -0.484 e. The Morgan fingerprint density at radius 3 is 2.14 bits per heavy atom. The number of hydrogen-bond acceptors (Lipinski definition) is 2. The molecule has 2 nitrogen and oxygen atoms in total. The van der Waals surface area contributed by atoms with E-state index in [4.69, 9.17) is 33.7 Å². The summed E-state index contributed by atoms with van der Waals surface area (Å²) in [5, 5.41) is 1.42. The van der Waals surface area contributed by atoms with Crippen LogP contribution in [-0.4, -0.2) is 6.04 Å². The number of aryl methyl sites for hydroxylation is 2. The zero-order valence-electron chi connectivity index (χ0n) is 12.4. The summed E-state index contributed by atoms with van der Waals surface area (Å²) in [6.45, 7) is 5.82. The van der Waals surface area contributed by atoms with Crippen molar-refractivity contribution in [2.24, 2.45) is 5.73 Å². The van der Waals surface area contributed by atoms with Gasteiger partial charge in [-0.05, 0) is 50.1 Å². The van der Waals surface area contributed by atoms with E-state index < -0.39 is 0 Å². The van der Waals surface area contributed by atoms with E-state index in [1.165, 1.54) is 0 Å². The first-order chi connectivity index (χ1) is 9.90. The lowest BCUT2D eigenvalue weighted by Gasteiger charge is -2.24. The number of benzene rings is 2. The molecule has 0 fully saturated rings. The molecule has 0 aliphatic rings. The number of hydrogen-bond donors (Lipinski definition) is 1. The predicted molar refractivity (Wildman–Crippen MR) is 89.4 cm³/mol. The Kier molecular flexibility index (Phi) is 5.15. The van der Waals surface area contributed by atoms with Gasteiger partial charge in [-0.2, -0.15) is 0 Å². The van der Waals surface area contributed by atoms with Crippen LogP contribution in [-0.2, 0) is 0 Å². The number of nitrogens with two attached hydrogens (primary N) is 1. The van der Waals surface area contributed by atoms with Crippen molar-refractivity contribution < 1.29 is 4.74 Å². The highest BCUT2D eigenvalue weighted by molar-refractivity contribution is 6.32. The zero-order valence-corrected chi connectivity index (χ0v) is 13.9. The Morgan fingerprint density at radius 2 is 1.62 bits per heavy atom. The van der Waals surface area contributed by atoms with E-state index in [0.29, 0.717) is 5.02 Å². The standard InChI is InChI=1S/C17H19Cl2NO/c1-10-8-13(9-11(2)16(10)19)21-17(12(3)20)14-6-4-5-7-15(14)18/h4-9,12,17H,20H2,1-3H3. The third kappa shape index (κ3) is 3.70. The van der Waals surface area contributed by atoms with E-state index in [1.807, 2.05) is 57.2 Å². The summed E-state index contributed by atoms with van der Waals surface area (Å²) in [6, 6.07) is 11.2. The number of ether oxygens (including phenoxy) is 1. The van der Waals surface area contributed by atoms with Crippen LogP contribution in [0.5, 0.6) is 5.75 Å². The van der Waals surface area contributed by atoms with Gasteiger partial charge in [0, 0.05) is 21.7 Å². The molecule has 0 amide bonds. The minimum atomic E-state index is -0.307. The SMILES string of the molecule is Cc1cc(OC(c2ccccc2Cl)C(C)N)cc(C)c1Cl. The molecule has 0 radical (unpaired) electrons. The number of halogens is 2. The van der Waals surface area contributed by atoms with E-state index in [9.17, 15) is 0 Å². The van der Waals surface area contributed by atoms with Gasteiger partial charge in [-0.1, -0.05) is 41.4 Å². The van der Waals surface area contributed by atoms with E-state index in [1.54, 1.807) is 0 Å². The quantitative estimate of drug-likeness (QED) is 0.851. The van der Waals surface area contributed by atoms with Crippen LogP contribution in [0.3, 0.4) is 0 Å². The van der Waals surface area contributed by atoms with Crippen molar-refractivity contribution in [2.45, 2.75) is 32.9 Å². The Morgan fingerprint density at radius 1 is 1.05 bits per heavy atom. The first-order valence-electron chi connectivity index (χ1n) is 6.83. The van der Waals surface area contributed by atoms with Crippen molar-refractivity contribution in [3.05, 3.63) is 63.1 Å². The van der Waals surface area contributed by atoms with Crippen LogP contribution in [0.1, 0.15) is 29.7 Å². The van der Waals surface area contributed by atoms with Gasteiger partial charge in [0.15, 0.2) is 0 Å². The van der Waals surface area contributed by atoms with Crippen molar-refractivity contribution >= 4 is 23.2 Å². The first kappa shape index (κ1) is 16.2. The van der Waals surface area contributed by atoms with Crippen molar-refractivity contribution in [1.82, 2.24) is 0 Å². The van der Waals surface area contributed by atoms with Gasteiger partial charge < -0.3 is 10.5 Å². The zero-order chi connectivity index (χ0) is 15.6. The summed E-state index contributed by atoms with van der Waals surface area (Å²) in [5.74, 6) is 0.747. The van der Waals surface area contributed by atoms with E-state index >= 15 is 0 Å². The maximum Gasteiger partial charge on any atom is 0.140 e. The number of rotatable bonds is 4. The Hall–Kier alpha value is -1.22. The van der Waals surface area contributed by atoms with Crippen molar-refractivity contribution in [3.8, 4) is 5.75 Å². The molecule has 112 valence electrons. The normalized spacial score (nSPS) is 13.8. The molecule has 2 rings (SSSR count). The Bertz CT molecular complexity index is 617. The van der Waals surface area contributed by atoms with Gasteiger partial charge in [-0.15, -0.1) is 0 Å². The lowest BCUT2D eigenvalue weighted by molar-refractivity contribution is 0.180. The average Bonchev–Trinajstić information content (AvgIpc) is 2.42. The van der Waals surface area contributed by atoms with E-state index in [-0.39, 0.29) is 12.1 Å². The molecule has 2 aromatic rings. The topological polar surface area (TPSA) is 35.2 Å². The fourth-order valence-corrected chi connectivity index (χ4v) is 2.63. The molecular formula is C17H19Cl2NO. The van der Waals surface area contributed by atoms with Gasteiger partial charge in [-0.25, -0.2) is 0 Å². The third-order valence-electron chi connectivity index (χ3n) is 3.36. The van der Waals surface area contributed by atoms with Crippen LogP contribution in [0, 0.1) is 13.8 Å². The molecule has 0 aliphatic carbocycles. The van der Waals surface area contributed by atoms with Crippen LogP contribution in [0.2, 0.25) is 10.0 Å². The van der Waals surface area contributed by atoms with Crippen LogP contribution in [0.25, 0.3) is 0 Å². The highest BCUT2D eigenvalue weighted by Gasteiger charge is 2.21. The molecule has 4 heteroatoms. The second kappa shape index (κ2) is 6.69. The molecule has 2 atom stereocenters. The molecule has 2 unspecified atom stereocenters. The molecule has 0 aliphatic heterocycles. The van der Waals surface area contributed by atoms with Gasteiger partial charge in [0.05, 0.1) is 0 Å². The largest absolute Gasteiger partial charge is 0.484 e. The summed E-state index contributed by atoms with van der Waals surface area (Å²) in [7, 11) is 0. The second-order valence-corrected chi connectivity index (χ2v) is 6.08. The maximum atomic E-state index is 6.26. The lowest BCUT2D eigenvalue weighted by atomic mass is 10.0. The van der Waals surface area contributed by atoms with Crippen LogP contribution in [0.4, 0.5) is 0 Å². The van der Waals surface area contributed by atoms with Crippen molar-refractivity contribution in [2.75, 3.05) is 0 Å². The van der Waals surface area contributed by atoms with Crippen LogP contribution in [0.15, 0.2) is 36.4 Å². The van der Waals surface area contributed by atoms with Crippen LogP contribution >= 0.6 is 23.2 Å². The molecule has 0 aromatic heterocycles. The summed E-state index contributed by atoms with van der Waals surface area (Å²) in [4.78, 5) is 0. The molecule has 0 spiro atoms. The fraction of sp³-hybridized carbons (Fsp3) is 0.294. The highest BCUT2D eigenvalue weighted by atomic mass is 35.5. The maximum absolute atomic E-state index is 6.26. The molecule has 2 N–H and O–H groups in total. The average molecular weight is 324 g/mol. The van der Waals surface area contributed by atoms with Gasteiger partial charge in [0.1, 0.15) is 11.9 Å².